The third-order valence-electron chi connectivity index (χ3n) is 2.05. The summed E-state index contributed by atoms with van der Waals surface area (Å²) in [6.45, 7) is -0.209. The Balaban J connectivity index is 2.80. The van der Waals surface area contributed by atoms with Gasteiger partial charge in [0.15, 0.2) is 6.29 Å². The molecule has 0 aliphatic heterocycles. The molecule has 0 saturated heterocycles. The second kappa shape index (κ2) is 5.55. The third-order valence-corrected chi connectivity index (χ3v) is 2.05. The van der Waals surface area contributed by atoms with Gasteiger partial charge in [-0.2, -0.15) is 0 Å². The van der Waals surface area contributed by atoms with E-state index in [2.05, 4.69) is 4.98 Å². The van der Waals surface area contributed by atoms with Gasteiger partial charge in [0.2, 0.25) is 0 Å². The number of aliphatic hydroxyl groups is 3. The summed E-state index contributed by atoms with van der Waals surface area (Å²) in [6, 6.07) is 1.45. The monoisotopic (exact) mass is 211 g/mol. The smallest absolute Gasteiger partial charge is 0.151 e. The Morgan fingerprint density at radius 3 is 2.73 bits per heavy atom. The van der Waals surface area contributed by atoms with Crippen LogP contribution >= 0.6 is 0 Å². The predicted octanol–water partition coefficient (Wildman–Crippen LogP) is -0.329. The molecule has 0 aliphatic carbocycles. The molecule has 0 bridgehead atoms. The van der Waals surface area contributed by atoms with Crippen molar-refractivity contribution in [3.63, 3.8) is 0 Å². The maximum Gasteiger partial charge on any atom is 0.151 e. The van der Waals surface area contributed by atoms with Gasteiger partial charge in [-0.3, -0.25) is 9.78 Å². The molecule has 2 atom stereocenters. The number of hydrogen-bond donors (Lipinski definition) is 3. The van der Waals surface area contributed by atoms with E-state index in [1.807, 2.05) is 0 Å². The van der Waals surface area contributed by atoms with Gasteiger partial charge in [-0.25, -0.2) is 0 Å². The second-order valence-corrected chi connectivity index (χ2v) is 3.19. The molecule has 0 radical (unpaired) electrons. The van der Waals surface area contributed by atoms with Crippen LogP contribution in [-0.2, 0) is 0 Å². The second-order valence-electron chi connectivity index (χ2n) is 3.19. The Morgan fingerprint density at radius 2 is 2.13 bits per heavy atom. The topological polar surface area (TPSA) is 90.7 Å². The lowest BCUT2D eigenvalue weighted by Gasteiger charge is -2.16. The van der Waals surface area contributed by atoms with Crippen molar-refractivity contribution in [3.05, 3.63) is 29.6 Å². The quantitative estimate of drug-likeness (QED) is 0.580. The van der Waals surface area contributed by atoms with Gasteiger partial charge in [0.1, 0.15) is 6.10 Å². The number of aliphatic hydroxyl groups excluding tert-OH is 3. The molecule has 3 N–H and O–H groups in total. The zero-order valence-electron chi connectivity index (χ0n) is 8.08. The van der Waals surface area contributed by atoms with E-state index in [1.54, 1.807) is 0 Å². The van der Waals surface area contributed by atoms with Crippen molar-refractivity contribution in [1.29, 1.82) is 0 Å². The maximum absolute atomic E-state index is 10.5. The van der Waals surface area contributed by atoms with E-state index >= 15 is 0 Å². The molecule has 0 fully saturated rings. The van der Waals surface area contributed by atoms with Crippen LogP contribution in [0.4, 0.5) is 0 Å². The fourth-order valence-corrected chi connectivity index (χ4v) is 1.21. The summed E-state index contributed by atoms with van der Waals surface area (Å²) in [7, 11) is 0. The number of rotatable bonds is 5. The normalized spacial score (nSPS) is 14.6. The zero-order chi connectivity index (χ0) is 11.3. The molecule has 1 rings (SSSR count). The van der Waals surface area contributed by atoms with E-state index in [0.717, 1.165) is 0 Å². The number of carbonyl (C=O) groups excluding carboxylic acids is 1. The van der Waals surface area contributed by atoms with Crippen LogP contribution in [0.5, 0.6) is 0 Å². The van der Waals surface area contributed by atoms with Gasteiger partial charge in [0.05, 0.1) is 6.10 Å². The van der Waals surface area contributed by atoms with Crippen LogP contribution in [0.15, 0.2) is 18.5 Å². The van der Waals surface area contributed by atoms with Gasteiger partial charge >= 0.3 is 0 Å². The van der Waals surface area contributed by atoms with Gasteiger partial charge in [0, 0.05) is 30.1 Å². The van der Waals surface area contributed by atoms with Gasteiger partial charge in [-0.15, -0.1) is 0 Å². The molecular weight excluding hydrogens is 198 g/mol. The van der Waals surface area contributed by atoms with Crippen molar-refractivity contribution < 1.29 is 20.1 Å². The van der Waals surface area contributed by atoms with Crippen molar-refractivity contribution in [2.75, 3.05) is 6.61 Å². The van der Waals surface area contributed by atoms with E-state index < -0.39 is 12.2 Å². The van der Waals surface area contributed by atoms with Crippen LogP contribution in [0.2, 0.25) is 0 Å². The number of hydrogen-bond acceptors (Lipinski definition) is 5. The summed E-state index contributed by atoms with van der Waals surface area (Å²) in [5.74, 6) is 0. The van der Waals surface area contributed by atoms with Crippen LogP contribution in [0, 0.1) is 0 Å². The van der Waals surface area contributed by atoms with E-state index in [4.69, 9.17) is 5.11 Å². The van der Waals surface area contributed by atoms with Crippen LogP contribution in [-0.4, -0.2) is 39.3 Å². The minimum Gasteiger partial charge on any atom is -0.396 e. The molecule has 5 nitrogen and oxygen atoms in total. The van der Waals surface area contributed by atoms with Gasteiger partial charge in [-0.1, -0.05) is 0 Å². The number of carbonyl (C=O) groups is 1. The lowest BCUT2D eigenvalue weighted by Crippen LogP contribution is -2.19. The van der Waals surface area contributed by atoms with E-state index in [1.165, 1.54) is 18.5 Å². The Morgan fingerprint density at radius 1 is 1.40 bits per heavy atom. The average molecular weight is 211 g/mol. The van der Waals surface area contributed by atoms with Crippen molar-refractivity contribution in [1.82, 2.24) is 4.98 Å². The van der Waals surface area contributed by atoms with E-state index in [9.17, 15) is 15.0 Å². The van der Waals surface area contributed by atoms with Crippen molar-refractivity contribution >= 4 is 6.29 Å². The first-order valence-electron chi connectivity index (χ1n) is 4.56. The zero-order valence-corrected chi connectivity index (χ0v) is 8.08. The molecule has 2 unspecified atom stereocenters. The number of aldehydes is 1. The number of aromatic nitrogens is 1. The minimum atomic E-state index is -1.13. The highest BCUT2D eigenvalue weighted by atomic mass is 16.3. The predicted molar refractivity (Wildman–Crippen MR) is 52.3 cm³/mol. The van der Waals surface area contributed by atoms with Crippen LogP contribution < -0.4 is 0 Å². The van der Waals surface area contributed by atoms with Crippen LogP contribution in [0.1, 0.15) is 28.4 Å². The standard InChI is InChI=1S/C10H13NO4/c12-2-1-9(14)10(15)8-3-7(6-13)4-11-5-8/h3-6,9-10,12,14-15H,1-2H2. The lowest BCUT2D eigenvalue weighted by molar-refractivity contribution is 0.00401. The SMILES string of the molecule is O=Cc1cncc(C(O)C(O)CCO)c1. The van der Waals surface area contributed by atoms with Crippen LogP contribution in [0.25, 0.3) is 0 Å². The Kier molecular flexibility index (Phi) is 4.36. The molecule has 0 aromatic carbocycles. The largest absolute Gasteiger partial charge is 0.396 e. The summed E-state index contributed by atoms with van der Waals surface area (Å²) in [5.41, 5.74) is 0.697. The molecule has 5 heteroatoms. The summed E-state index contributed by atoms with van der Waals surface area (Å²) in [6.07, 6.45) is 1.23. The average Bonchev–Trinajstić information content (AvgIpc) is 2.28. The van der Waals surface area contributed by atoms with Crippen LogP contribution in [0.3, 0.4) is 0 Å². The first kappa shape index (κ1) is 11.8. The first-order chi connectivity index (χ1) is 7.19. The molecule has 0 amide bonds. The van der Waals surface area contributed by atoms with Gasteiger partial charge < -0.3 is 15.3 Å². The Hall–Kier alpha value is -1.30. The van der Waals surface area contributed by atoms with Gasteiger partial charge in [0.25, 0.3) is 0 Å². The Labute approximate surface area is 87.0 Å². The molecule has 15 heavy (non-hydrogen) atoms. The van der Waals surface area contributed by atoms with Gasteiger partial charge in [-0.05, 0) is 12.5 Å². The number of nitrogens with zero attached hydrogens (tertiary/aromatic N) is 1. The molecule has 0 spiro atoms. The van der Waals surface area contributed by atoms with Crippen molar-refractivity contribution in [2.45, 2.75) is 18.6 Å². The molecule has 1 heterocycles. The van der Waals surface area contributed by atoms with E-state index in [0.29, 0.717) is 17.4 Å². The molecule has 1 aromatic heterocycles. The highest BCUT2D eigenvalue weighted by Crippen LogP contribution is 2.18. The molecule has 0 aliphatic rings. The highest BCUT2D eigenvalue weighted by Gasteiger charge is 2.18. The van der Waals surface area contributed by atoms with Crippen molar-refractivity contribution in [2.24, 2.45) is 0 Å². The van der Waals surface area contributed by atoms with E-state index in [-0.39, 0.29) is 13.0 Å². The summed E-state index contributed by atoms with van der Waals surface area (Å²) in [5, 5.41) is 27.6. The Bertz CT molecular complexity index is 329. The third kappa shape index (κ3) is 3.09. The number of pyridine rings is 1. The first-order valence-corrected chi connectivity index (χ1v) is 4.56. The molecule has 0 saturated carbocycles. The molecule has 82 valence electrons. The lowest BCUT2D eigenvalue weighted by atomic mass is 10.0. The maximum atomic E-state index is 10.5. The summed E-state index contributed by atoms with van der Waals surface area (Å²) in [4.78, 5) is 14.2. The summed E-state index contributed by atoms with van der Waals surface area (Å²) < 4.78 is 0. The highest BCUT2D eigenvalue weighted by molar-refractivity contribution is 5.74. The summed E-state index contributed by atoms with van der Waals surface area (Å²) >= 11 is 0. The fourth-order valence-electron chi connectivity index (χ4n) is 1.21. The minimum absolute atomic E-state index is 0.0759. The fraction of sp³-hybridized carbons (Fsp3) is 0.400. The van der Waals surface area contributed by atoms with Crippen molar-refractivity contribution in [3.8, 4) is 0 Å². The molecule has 1 aromatic rings. The molecular formula is C10H13NO4.